The average molecular weight is 481 g/mol. The second-order valence-electron chi connectivity index (χ2n) is 6.47. The van der Waals surface area contributed by atoms with Crippen LogP contribution in [0.4, 0.5) is 11.4 Å². The molecule has 0 saturated carbocycles. The fourth-order valence-electron chi connectivity index (χ4n) is 2.89. The van der Waals surface area contributed by atoms with Crippen molar-refractivity contribution in [3.63, 3.8) is 0 Å². The molecule has 0 bridgehead atoms. The van der Waals surface area contributed by atoms with Crippen LogP contribution in [0.2, 0.25) is 0 Å². The lowest BCUT2D eigenvalue weighted by atomic mass is 10.2. The summed E-state index contributed by atoms with van der Waals surface area (Å²) >= 11 is 3.39. The molecule has 2 N–H and O–H groups in total. The van der Waals surface area contributed by atoms with Crippen molar-refractivity contribution in [3.8, 4) is 17.1 Å². The van der Waals surface area contributed by atoms with E-state index < -0.39 is 11.8 Å². The van der Waals surface area contributed by atoms with Gasteiger partial charge in [-0.3, -0.25) is 9.59 Å². The molecule has 2 aromatic heterocycles. The molecule has 2 amide bonds. The Morgan fingerprint density at radius 1 is 0.903 bits per heavy atom. The second-order valence-corrected chi connectivity index (χ2v) is 7.39. The molecule has 2 aromatic carbocycles. The van der Waals surface area contributed by atoms with E-state index in [0.717, 1.165) is 10.0 Å². The Hall–Kier alpha value is -3.78. The number of benzene rings is 2. The Morgan fingerprint density at radius 3 is 2.39 bits per heavy atom. The Morgan fingerprint density at radius 2 is 1.68 bits per heavy atom. The number of nitrogens with one attached hydrogen (secondary N) is 2. The minimum absolute atomic E-state index is 0.173. The second kappa shape index (κ2) is 8.93. The van der Waals surface area contributed by atoms with Crippen LogP contribution in [0.15, 0.2) is 86.3 Å². The monoisotopic (exact) mass is 480 g/mol. The SMILES string of the molecule is COc1cc(NC(=O)c2ccc(-c3ccc(Br)cc3)o2)ccc1NC(=O)c1ccco1. The maximum Gasteiger partial charge on any atom is 0.291 e. The summed E-state index contributed by atoms with van der Waals surface area (Å²) in [5, 5.41) is 5.47. The lowest BCUT2D eigenvalue weighted by Crippen LogP contribution is -2.13. The molecule has 0 fully saturated rings. The molecule has 4 aromatic rings. The van der Waals surface area contributed by atoms with Crippen molar-refractivity contribution in [1.29, 1.82) is 0 Å². The molecule has 2 heterocycles. The molecule has 0 aliphatic carbocycles. The molecule has 0 radical (unpaired) electrons. The number of amides is 2. The van der Waals surface area contributed by atoms with Crippen LogP contribution >= 0.6 is 15.9 Å². The Balaban J connectivity index is 1.47. The molecule has 31 heavy (non-hydrogen) atoms. The third kappa shape index (κ3) is 4.70. The topological polar surface area (TPSA) is 93.7 Å². The van der Waals surface area contributed by atoms with E-state index in [1.54, 1.807) is 42.5 Å². The summed E-state index contributed by atoms with van der Waals surface area (Å²) in [6.07, 6.45) is 1.42. The van der Waals surface area contributed by atoms with E-state index in [1.165, 1.54) is 13.4 Å². The van der Waals surface area contributed by atoms with E-state index in [4.69, 9.17) is 13.6 Å². The number of hydrogen-bond acceptors (Lipinski definition) is 5. The van der Waals surface area contributed by atoms with Crippen LogP contribution in [0.25, 0.3) is 11.3 Å². The number of carbonyl (C=O) groups is 2. The molecular weight excluding hydrogens is 464 g/mol. The first kappa shape index (κ1) is 20.5. The van der Waals surface area contributed by atoms with E-state index in [9.17, 15) is 9.59 Å². The first-order valence-corrected chi connectivity index (χ1v) is 10.0. The minimum Gasteiger partial charge on any atom is -0.494 e. The molecule has 0 aliphatic heterocycles. The van der Waals surface area contributed by atoms with E-state index in [2.05, 4.69) is 26.6 Å². The van der Waals surface area contributed by atoms with Gasteiger partial charge in [0.1, 0.15) is 11.5 Å². The third-order valence-electron chi connectivity index (χ3n) is 4.41. The molecule has 4 rings (SSSR count). The van der Waals surface area contributed by atoms with Crippen molar-refractivity contribution in [1.82, 2.24) is 0 Å². The molecule has 7 nitrogen and oxygen atoms in total. The highest BCUT2D eigenvalue weighted by atomic mass is 79.9. The van der Waals surface area contributed by atoms with Gasteiger partial charge in [-0.05, 0) is 48.5 Å². The predicted octanol–water partition coefficient (Wildman–Crippen LogP) is 5.82. The molecular formula is C23H17BrN2O5. The van der Waals surface area contributed by atoms with Gasteiger partial charge in [0.15, 0.2) is 11.5 Å². The van der Waals surface area contributed by atoms with Gasteiger partial charge < -0.3 is 24.2 Å². The highest BCUT2D eigenvalue weighted by Gasteiger charge is 2.16. The van der Waals surface area contributed by atoms with Crippen LogP contribution in [-0.2, 0) is 0 Å². The summed E-state index contributed by atoms with van der Waals surface area (Å²) < 4.78 is 17.1. The van der Waals surface area contributed by atoms with Crippen LogP contribution in [0.3, 0.4) is 0 Å². The number of ether oxygens (including phenoxy) is 1. The first-order chi connectivity index (χ1) is 15.0. The smallest absolute Gasteiger partial charge is 0.291 e. The Kier molecular flexibility index (Phi) is 5.90. The number of halogens is 1. The Bertz CT molecular complexity index is 1210. The first-order valence-electron chi connectivity index (χ1n) is 9.23. The number of furan rings is 2. The molecule has 8 heteroatoms. The van der Waals surface area contributed by atoms with Gasteiger partial charge in [-0.2, -0.15) is 0 Å². The van der Waals surface area contributed by atoms with Gasteiger partial charge in [0.2, 0.25) is 0 Å². The summed E-state index contributed by atoms with van der Waals surface area (Å²) in [6, 6.07) is 19.0. The molecule has 0 saturated heterocycles. The van der Waals surface area contributed by atoms with Gasteiger partial charge >= 0.3 is 0 Å². The van der Waals surface area contributed by atoms with Crippen LogP contribution in [0.1, 0.15) is 21.1 Å². The summed E-state index contributed by atoms with van der Waals surface area (Å²) in [5.41, 5.74) is 1.79. The zero-order valence-corrected chi connectivity index (χ0v) is 17.9. The molecule has 156 valence electrons. The lowest BCUT2D eigenvalue weighted by Gasteiger charge is -2.11. The van der Waals surface area contributed by atoms with E-state index in [1.807, 2.05) is 24.3 Å². The maximum atomic E-state index is 12.6. The molecule has 0 spiro atoms. The summed E-state index contributed by atoms with van der Waals surface area (Å²) in [5.74, 6) is 0.513. The third-order valence-corrected chi connectivity index (χ3v) is 4.94. The normalized spacial score (nSPS) is 10.5. The van der Waals surface area contributed by atoms with Gasteiger partial charge in [-0.1, -0.05) is 28.1 Å². The summed E-state index contributed by atoms with van der Waals surface area (Å²) in [4.78, 5) is 24.8. The fourth-order valence-corrected chi connectivity index (χ4v) is 3.15. The van der Waals surface area contributed by atoms with Crippen molar-refractivity contribution < 1.29 is 23.2 Å². The van der Waals surface area contributed by atoms with Crippen molar-refractivity contribution >= 4 is 39.1 Å². The number of carbonyl (C=O) groups excluding carboxylic acids is 2. The van der Waals surface area contributed by atoms with Crippen LogP contribution in [0.5, 0.6) is 5.75 Å². The predicted molar refractivity (Wildman–Crippen MR) is 119 cm³/mol. The largest absolute Gasteiger partial charge is 0.494 e. The molecule has 0 atom stereocenters. The lowest BCUT2D eigenvalue weighted by molar-refractivity contribution is 0.0989. The van der Waals surface area contributed by atoms with Crippen molar-refractivity contribution in [3.05, 3.63) is 89.0 Å². The molecule has 0 unspecified atom stereocenters. The van der Waals surface area contributed by atoms with Gasteiger partial charge in [0.25, 0.3) is 11.8 Å². The Labute approximate surface area is 186 Å². The summed E-state index contributed by atoms with van der Waals surface area (Å²) in [6.45, 7) is 0. The van der Waals surface area contributed by atoms with E-state index in [-0.39, 0.29) is 11.5 Å². The van der Waals surface area contributed by atoms with Crippen molar-refractivity contribution in [2.24, 2.45) is 0 Å². The maximum absolute atomic E-state index is 12.6. The highest BCUT2D eigenvalue weighted by Crippen LogP contribution is 2.29. The number of methoxy groups -OCH3 is 1. The van der Waals surface area contributed by atoms with E-state index in [0.29, 0.717) is 22.9 Å². The number of anilines is 2. The number of rotatable bonds is 6. The minimum atomic E-state index is -0.406. The van der Waals surface area contributed by atoms with Gasteiger partial charge in [-0.15, -0.1) is 0 Å². The van der Waals surface area contributed by atoms with Gasteiger partial charge in [-0.25, -0.2) is 0 Å². The fraction of sp³-hybridized carbons (Fsp3) is 0.0435. The highest BCUT2D eigenvalue weighted by molar-refractivity contribution is 9.10. The van der Waals surface area contributed by atoms with Crippen molar-refractivity contribution in [2.75, 3.05) is 17.7 Å². The zero-order chi connectivity index (χ0) is 21.8. The quantitative estimate of drug-likeness (QED) is 0.362. The van der Waals surface area contributed by atoms with Crippen LogP contribution in [0, 0.1) is 0 Å². The van der Waals surface area contributed by atoms with Gasteiger partial charge in [0, 0.05) is 21.8 Å². The standard InChI is InChI=1S/C23H17BrN2O5/c1-29-21-13-16(8-9-17(21)26-22(27)19-3-2-12-30-19)25-23(28)20-11-10-18(31-20)14-4-6-15(24)7-5-14/h2-13H,1H3,(H,25,28)(H,26,27). The number of hydrogen-bond donors (Lipinski definition) is 2. The average Bonchev–Trinajstić information content (AvgIpc) is 3.48. The van der Waals surface area contributed by atoms with Gasteiger partial charge in [0.05, 0.1) is 19.1 Å². The van der Waals surface area contributed by atoms with E-state index >= 15 is 0 Å². The zero-order valence-electron chi connectivity index (χ0n) is 16.3. The summed E-state index contributed by atoms with van der Waals surface area (Å²) in [7, 11) is 1.47. The van der Waals surface area contributed by atoms with Crippen molar-refractivity contribution in [2.45, 2.75) is 0 Å². The molecule has 0 aliphatic rings. The van der Waals surface area contributed by atoms with Crippen LogP contribution in [-0.4, -0.2) is 18.9 Å². The van der Waals surface area contributed by atoms with Crippen LogP contribution < -0.4 is 15.4 Å².